The largest absolute Gasteiger partial charge is 0.493 e. The van der Waals surface area contributed by atoms with Gasteiger partial charge in [-0.05, 0) is 111 Å². The number of hydrogen-bond acceptors (Lipinski definition) is 9. The van der Waals surface area contributed by atoms with Crippen LogP contribution in [0.25, 0.3) is 0 Å². The molecule has 0 spiro atoms. The third-order valence-electron chi connectivity index (χ3n) is 10.4. The number of amides is 4. The van der Waals surface area contributed by atoms with Gasteiger partial charge >= 0.3 is 6.03 Å². The van der Waals surface area contributed by atoms with E-state index in [0.717, 1.165) is 85.4 Å². The maximum Gasteiger partial charge on any atom is 0.321 e. The Bertz CT molecular complexity index is 2060. The van der Waals surface area contributed by atoms with E-state index in [1.165, 1.54) is 30.0 Å². The zero-order valence-electron chi connectivity index (χ0n) is 33.9. The van der Waals surface area contributed by atoms with Crippen LogP contribution in [0.1, 0.15) is 55.4 Å². The lowest BCUT2D eigenvalue weighted by Crippen LogP contribution is -2.53. The van der Waals surface area contributed by atoms with Crippen molar-refractivity contribution in [2.75, 3.05) is 68.6 Å². The molecule has 3 saturated heterocycles. The van der Waals surface area contributed by atoms with Gasteiger partial charge in [0.25, 0.3) is 0 Å². The fourth-order valence-electron chi connectivity index (χ4n) is 6.66. The highest BCUT2D eigenvalue weighted by Gasteiger charge is 2.31. The molecule has 13 heteroatoms. The fraction of sp³-hybridized carbons (Fsp3) is 0.404. The Morgan fingerprint density at radius 2 is 1.27 bits per heavy atom. The molecule has 318 valence electrons. The lowest BCUT2D eigenvalue weighted by atomic mass is 10.0. The van der Waals surface area contributed by atoms with Gasteiger partial charge in [-0.1, -0.05) is 42.8 Å². The van der Waals surface area contributed by atoms with Crippen LogP contribution >= 0.6 is 0 Å². The maximum absolute atomic E-state index is 12.2. The zero-order valence-corrected chi connectivity index (χ0v) is 33.9. The Labute approximate surface area is 353 Å². The second-order valence-corrected chi connectivity index (χ2v) is 15.3. The lowest BCUT2D eigenvalue weighted by molar-refractivity contribution is -0.117. The van der Waals surface area contributed by atoms with Crippen LogP contribution in [-0.2, 0) is 32.0 Å². The van der Waals surface area contributed by atoms with E-state index >= 15 is 0 Å². The van der Waals surface area contributed by atoms with Gasteiger partial charge in [0.2, 0.25) is 17.9 Å². The Morgan fingerprint density at radius 3 is 1.73 bits per heavy atom. The van der Waals surface area contributed by atoms with E-state index in [-0.39, 0.29) is 25.3 Å². The van der Waals surface area contributed by atoms with Crippen LogP contribution in [0.3, 0.4) is 0 Å². The van der Waals surface area contributed by atoms with Crippen LogP contribution in [0.4, 0.5) is 27.5 Å². The Morgan fingerprint density at radius 1 is 0.750 bits per heavy atom. The van der Waals surface area contributed by atoms with Gasteiger partial charge in [-0.25, -0.2) is 9.59 Å². The minimum Gasteiger partial charge on any atom is -0.493 e. The van der Waals surface area contributed by atoms with E-state index in [4.69, 9.17) is 14.2 Å². The fourth-order valence-corrected chi connectivity index (χ4v) is 6.66. The molecule has 4 amide bonds. The monoisotopic (exact) mass is 818 g/mol. The SMILES string of the molecule is C.C1CCOC1.Cc1ccc(N=C=O)cc1.Cc1ccc(NC(=O)N2CC(COc3ccc4c(c3)CCC(=O)N4)C2)cc1.O=C1CCc2cc(OCC3CNC3)ccc2N1. The number of aliphatic imine (C=N–C) groups is 1. The number of hydrogen-bond donors (Lipinski definition) is 4. The van der Waals surface area contributed by atoms with Crippen molar-refractivity contribution in [3.63, 3.8) is 0 Å². The number of rotatable bonds is 8. The van der Waals surface area contributed by atoms with Gasteiger partial charge in [-0.15, -0.1) is 0 Å². The molecule has 4 N–H and O–H groups in total. The van der Waals surface area contributed by atoms with Gasteiger partial charge in [0.05, 0.1) is 18.9 Å². The molecule has 0 aromatic heterocycles. The second-order valence-electron chi connectivity index (χ2n) is 15.3. The highest BCUT2D eigenvalue weighted by molar-refractivity contribution is 5.94. The minimum absolute atomic E-state index is 0. The van der Waals surface area contributed by atoms with Crippen LogP contribution in [0, 0.1) is 25.7 Å². The molecule has 0 radical (unpaired) electrons. The van der Waals surface area contributed by atoms with Crippen LogP contribution < -0.4 is 30.7 Å². The van der Waals surface area contributed by atoms with E-state index < -0.39 is 0 Å². The van der Waals surface area contributed by atoms with Crippen molar-refractivity contribution >= 4 is 46.7 Å². The van der Waals surface area contributed by atoms with Crippen molar-refractivity contribution in [2.45, 2.75) is 59.8 Å². The molecule has 5 aliphatic rings. The summed E-state index contributed by atoms with van der Waals surface area (Å²) in [5.74, 6) is 2.87. The molecule has 60 heavy (non-hydrogen) atoms. The van der Waals surface area contributed by atoms with Crippen LogP contribution in [0.5, 0.6) is 11.5 Å². The molecule has 5 aliphatic heterocycles. The summed E-state index contributed by atoms with van der Waals surface area (Å²) in [6.07, 6.45) is 6.68. The van der Waals surface area contributed by atoms with Gasteiger partial charge in [-0.3, -0.25) is 9.59 Å². The predicted molar refractivity (Wildman–Crippen MR) is 235 cm³/mol. The Kier molecular flexibility index (Phi) is 17.2. The molecule has 4 aromatic rings. The number of benzene rings is 4. The number of anilines is 3. The minimum atomic E-state index is -0.0698. The number of fused-ring (bicyclic) bond motifs is 2. The number of isocyanates is 1. The number of carbonyl (C=O) groups excluding carboxylic acids is 4. The summed E-state index contributed by atoms with van der Waals surface area (Å²) in [5, 5.41) is 11.9. The van der Waals surface area contributed by atoms with Crippen molar-refractivity contribution in [1.82, 2.24) is 10.2 Å². The molecule has 0 unspecified atom stereocenters. The maximum atomic E-state index is 12.2. The molecule has 5 heterocycles. The number of carbonyl (C=O) groups is 3. The van der Waals surface area contributed by atoms with Gasteiger partial charge in [0, 0.05) is 81.1 Å². The summed E-state index contributed by atoms with van der Waals surface area (Å²) in [4.78, 5) is 49.9. The molecular weight excluding hydrogens is 761 g/mol. The molecule has 9 rings (SSSR count). The van der Waals surface area contributed by atoms with E-state index in [1.807, 2.05) is 86.6 Å². The molecule has 0 atom stereocenters. The van der Waals surface area contributed by atoms with Crippen LogP contribution in [-0.4, -0.2) is 81.4 Å². The van der Waals surface area contributed by atoms with Gasteiger partial charge in [-0.2, -0.15) is 4.99 Å². The van der Waals surface area contributed by atoms with Crippen molar-refractivity contribution in [2.24, 2.45) is 16.8 Å². The summed E-state index contributed by atoms with van der Waals surface area (Å²) in [5.41, 5.74) is 7.88. The van der Waals surface area contributed by atoms with Gasteiger partial charge in [0.1, 0.15) is 11.5 Å². The molecule has 0 saturated carbocycles. The summed E-state index contributed by atoms with van der Waals surface area (Å²) >= 11 is 0. The standard InChI is InChI=1S/C21H23N3O3.C13H16N2O2.C8H7NO.C4H8O.CH4/c1-14-2-5-17(6-3-14)22-21(26)24-11-15(12-24)13-27-18-7-8-19-16(10-18)4-9-20(25)23-19;16-13-4-1-10-5-11(2-3-12(10)15-13)17-8-9-6-14-7-9;1-7-2-4-8(5-3-7)9-6-10;1-2-4-5-3-1;/h2-3,5-8,10,15H,4,9,11-13H2,1H3,(H,22,26)(H,23,25);2-3,5,9,14H,1,4,6-8H2,(H,15,16);2-5H,1H3;1-4H2;1H4. The first kappa shape index (κ1) is 45.1. The number of ether oxygens (including phenoxy) is 3. The molecule has 4 aromatic carbocycles. The third kappa shape index (κ3) is 14.1. The van der Waals surface area contributed by atoms with Crippen molar-refractivity contribution in [3.8, 4) is 11.5 Å². The lowest BCUT2D eigenvalue weighted by Gasteiger charge is -2.38. The normalized spacial score (nSPS) is 16.1. The van der Waals surface area contributed by atoms with E-state index in [0.29, 0.717) is 50.1 Å². The number of likely N-dealkylation sites (tertiary alicyclic amines) is 1. The first-order chi connectivity index (χ1) is 28.7. The average Bonchev–Trinajstić information content (AvgIpc) is 3.80. The van der Waals surface area contributed by atoms with Gasteiger partial charge < -0.3 is 40.4 Å². The number of urea groups is 1. The summed E-state index contributed by atoms with van der Waals surface area (Å²) in [7, 11) is 0. The van der Waals surface area contributed by atoms with Gasteiger partial charge in [0.15, 0.2) is 0 Å². The highest BCUT2D eigenvalue weighted by atomic mass is 16.5. The molecular formula is C47H58N6O7. The third-order valence-corrected chi connectivity index (χ3v) is 10.4. The predicted octanol–water partition coefficient (Wildman–Crippen LogP) is 7.99. The number of nitrogens with zero attached hydrogens (tertiary/aromatic N) is 2. The quantitative estimate of drug-likeness (QED) is 0.103. The number of aryl methyl sites for hydroxylation is 4. The average molecular weight is 819 g/mol. The smallest absolute Gasteiger partial charge is 0.321 e. The number of nitrogens with one attached hydrogen (secondary N) is 4. The summed E-state index contributed by atoms with van der Waals surface area (Å²) in [6, 6.07) is 26.7. The van der Waals surface area contributed by atoms with Crippen molar-refractivity contribution < 1.29 is 33.4 Å². The Balaban J connectivity index is 0.000000175. The van der Waals surface area contributed by atoms with Crippen LogP contribution in [0.2, 0.25) is 0 Å². The van der Waals surface area contributed by atoms with E-state index in [1.54, 1.807) is 17.0 Å². The molecule has 13 nitrogen and oxygen atoms in total. The first-order valence-corrected chi connectivity index (χ1v) is 20.4. The summed E-state index contributed by atoms with van der Waals surface area (Å²) < 4.78 is 16.6. The summed E-state index contributed by atoms with van der Waals surface area (Å²) in [6.45, 7) is 10.9. The highest BCUT2D eigenvalue weighted by Crippen LogP contribution is 2.29. The van der Waals surface area contributed by atoms with E-state index in [9.17, 15) is 19.2 Å². The van der Waals surface area contributed by atoms with Crippen molar-refractivity contribution in [1.29, 1.82) is 0 Å². The zero-order chi connectivity index (χ0) is 41.4. The molecule has 0 bridgehead atoms. The van der Waals surface area contributed by atoms with Crippen LogP contribution in [0.15, 0.2) is 89.9 Å². The molecule has 0 aliphatic carbocycles. The van der Waals surface area contributed by atoms with E-state index in [2.05, 4.69) is 26.3 Å². The first-order valence-electron chi connectivity index (χ1n) is 20.4. The molecule has 3 fully saturated rings. The Hall–Kier alpha value is -6.01. The van der Waals surface area contributed by atoms with Crippen molar-refractivity contribution in [3.05, 3.63) is 107 Å². The topological polar surface area (TPSA) is 160 Å². The second kappa shape index (κ2) is 23.0.